The lowest BCUT2D eigenvalue weighted by atomic mass is 9.92. The molecule has 0 spiro atoms. The van der Waals surface area contributed by atoms with Gasteiger partial charge in [-0.2, -0.15) is 0 Å². The molecule has 0 saturated carbocycles. The van der Waals surface area contributed by atoms with Gasteiger partial charge in [0.25, 0.3) is 5.91 Å². The van der Waals surface area contributed by atoms with E-state index < -0.39 is 11.5 Å². The highest BCUT2D eigenvalue weighted by atomic mass is 35.5. The Kier molecular flexibility index (Phi) is 2.29. The van der Waals surface area contributed by atoms with Crippen LogP contribution in [0.3, 0.4) is 0 Å². The number of fused-ring (bicyclic) bond motifs is 1. The fourth-order valence-electron chi connectivity index (χ4n) is 1.75. The predicted octanol–water partition coefficient (Wildman–Crippen LogP) is 2.06. The van der Waals surface area contributed by atoms with E-state index in [9.17, 15) is 9.90 Å². The number of hydrogen-bond acceptors (Lipinski definition) is 2. The maximum atomic E-state index is 11.6. The quantitative estimate of drug-likeness (QED) is 0.754. The Balaban J connectivity index is 2.59. The predicted molar refractivity (Wildman–Crippen MR) is 58.8 cm³/mol. The molecule has 0 bridgehead atoms. The molecule has 4 heteroatoms. The molecule has 78 valence electrons. The van der Waals surface area contributed by atoms with Crippen LogP contribution in [0, 0.1) is 0 Å². The van der Waals surface area contributed by atoms with E-state index in [1.54, 1.807) is 18.2 Å². The molecule has 0 aromatic heterocycles. The van der Waals surface area contributed by atoms with Crippen LogP contribution < -0.4 is 5.32 Å². The highest BCUT2D eigenvalue weighted by Crippen LogP contribution is 2.41. The van der Waals surface area contributed by atoms with Crippen LogP contribution in [0.15, 0.2) is 30.9 Å². The molecule has 2 rings (SSSR count). The summed E-state index contributed by atoms with van der Waals surface area (Å²) in [5.41, 5.74) is -0.518. The normalized spacial score (nSPS) is 23.5. The lowest BCUT2D eigenvalue weighted by molar-refractivity contribution is -0.133. The molecule has 3 nitrogen and oxygen atoms in total. The fraction of sp³-hybridized carbons (Fsp3) is 0.182. The second-order valence-electron chi connectivity index (χ2n) is 3.47. The largest absolute Gasteiger partial charge is 0.375 e. The number of nitrogens with one attached hydrogen (secondary N) is 1. The average molecular weight is 224 g/mol. The van der Waals surface area contributed by atoms with Crippen LogP contribution in [-0.4, -0.2) is 11.0 Å². The first-order valence-corrected chi connectivity index (χ1v) is 4.91. The molecule has 1 unspecified atom stereocenters. The maximum absolute atomic E-state index is 11.6. The molecule has 1 atom stereocenters. The molecule has 1 amide bonds. The molecule has 0 fully saturated rings. The first-order chi connectivity index (χ1) is 7.09. The molecule has 1 aromatic rings. The maximum Gasteiger partial charge on any atom is 0.261 e. The van der Waals surface area contributed by atoms with Crippen molar-refractivity contribution in [3.63, 3.8) is 0 Å². The summed E-state index contributed by atoms with van der Waals surface area (Å²) in [6, 6.07) is 5.05. The Hall–Kier alpha value is -1.32. The van der Waals surface area contributed by atoms with Crippen molar-refractivity contribution in [1.82, 2.24) is 0 Å². The van der Waals surface area contributed by atoms with Crippen molar-refractivity contribution in [3.8, 4) is 0 Å². The number of rotatable bonds is 2. The molecule has 1 aliphatic rings. The van der Waals surface area contributed by atoms with Crippen molar-refractivity contribution in [2.24, 2.45) is 0 Å². The van der Waals surface area contributed by atoms with Gasteiger partial charge in [0.1, 0.15) is 0 Å². The summed E-state index contributed by atoms with van der Waals surface area (Å²) in [5.74, 6) is -0.453. The summed E-state index contributed by atoms with van der Waals surface area (Å²) in [7, 11) is 0. The highest BCUT2D eigenvalue weighted by molar-refractivity contribution is 6.34. The number of hydrogen-bond donors (Lipinski definition) is 2. The first-order valence-electron chi connectivity index (χ1n) is 4.53. The number of halogens is 1. The number of carbonyl (C=O) groups excluding carboxylic acids is 1. The van der Waals surface area contributed by atoms with Gasteiger partial charge in [0.05, 0.1) is 10.7 Å². The zero-order valence-electron chi connectivity index (χ0n) is 7.96. The standard InChI is InChI=1S/C11H10ClNO2/c1-2-6-11(15)7-4-3-5-8(12)9(7)13-10(11)14/h2-5,15H,1,6H2,(H,13,14). The van der Waals surface area contributed by atoms with E-state index in [1.165, 1.54) is 6.08 Å². The van der Waals surface area contributed by atoms with Crippen molar-refractivity contribution in [1.29, 1.82) is 0 Å². The monoisotopic (exact) mass is 223 g/mol. The minimum Gasteiger partial charge on any atom is -0.375 e. The van der Waals surface area contributed by atoms with Gasteiger partial charge in [-0.15, -0.1) is 6.58 Å². The summed E-state index contributed by atoms with van der Waals surface area (Å²) in [6.07, 6.45) is 1.68. The van der Waals surface area contributed by atoms with Gasteiger partial charge in [-0.1, -0.05) is 29.8 Å². The van der Waals surface area contributed by atoms with Crippen LogP contribution in [0.4, 0.5) is 5.69 Å². The van der Waals surface area contributed by atoms with E-state index in [0.29, 0.717) is 16.3 Å². The van der Waals surface area contributed by atoms with Crippen molar-refractivity contribution in [2.75, 3.05) is 5.32 Å². The Morgan fingerprint density at radius 2 is 2.33 bits per heavy atom. The Morgan fingerprint density at radius 3 is 3.00 bits per heavy atom. The van der Waals surface area contributed by atoms with Gasteiger partial charge in [-0.05, 0) is 6.07 Å². The van der Waals surface area contributed by atoms with E-state index in [0.717, 1.165) is 0 Å². The number of para-hydroxylation sites is 1. The van der Waals surface area contributed by atoms with Crippen molar-refractivity contribution in [3.05, 3.63) is 41.4 Å². The van der Waals surface area contributed by atoms with Crippen molar-refractivity contribution >= 4 is 23.2 Å². The molecular formula is C11H10ClNO2. The van der Waals surface area contributed by atoms with Crippen molar-refractivity contribution in [2.45, 2.75) is 12.0 Å². The van der Waals surface area contributed by atoms with Gasteiger partial charge >= 0.3 is 0 Å². The molecule has 1 aromatic carbocycles. The molecule has 1 heterocycles. The number of anilines is 1. The van der Waals surface area contributed by atoms with Crippen molar-refractivity contribution < 1.29 is 9.90 Å². The molecule has 0 saturated heterocycles. The van der Waals surface area contributed by atoms with Crippen LogP contribution in [0.1, 0.15) is 12.0 Å². The molecule has 1 aliphatic heterocycles. The van der Waals surface area contributed by atoms with Crippen LogP contribution >= 0.6 is 11.6 Å². The van der Waals surface area contributed by atoms with Gasteiger partial charge in [-0.25, -0.2) is 0 Å². The Morgan fingerprint density at radius 1 is 1.60 bits per heavy atom. The lowest BCUT2D eigenvalue weighted by Crippen LogP contribution is -2.33. The van der Waals surface area contributed by atoms with E-state index in [4.69, 9.17) is 11.6 Å². The van der Waals surface area contributed by atoms with Crippen LogP contribution in [0.5, 0.6) is 0 Å². The fourth-order valence-corrected chi connectivity index (χ4v) is 1.97. The van der Waals surface area contributed by atoms with Gasteiger partial charge in [0, 0.05) is 12.0 Å². The number of aliphatic hydroxyl groups is 1. The topological polar surface area (TPSA) is 49.3 Å². The summed E-state index contributed by atoms with van der Waals surface area (Å²) in [5, 5.41) is 13.2. The number of benzene rings is 1. The Bertz CT molecular complexity index is 444. The van der Waals surface area contributed by atoms with Gasteiger partial charge in [-0.3, -0.25) is 4.79 Å². The Labute approximate surface area is 92.4 Å². The number of amides is 1. The second-order valence-corrected chi connectivity index (χ2v) is 3.88. The van der Waals surface area contributed by atoms with Gasteiger partial charge in [0.15, 0.2) is 5.60 Å². The molecule has 0 radical (unpaired) electrons. The zero-order chi connectivity index (χ0) is 11.1. The van der Waals surface area contributed by atoms with E-state index >= 15 is 0 Å². The molecule has 0 aliphatic carbocycles. The van der Waals surface area contributed by atoms with E-state index in [2.05, 4.69) is 11.9 Å². The first kappa shape index (κ1) is 10.2. The molecule has 15 heavy (non-hydrogen) atoms. The van der Waals surface area contributed by atoms with Crippen LogP contribution in [-0.2, 0) is 10.4 Å². The average Bonchev–Trinajstić information content (AvgIpc) is 2.44. The summed E-state index contributed by atoms with van der Waals surface area (Å²) in [6.45, 7) is 3.53. The van der Waals surface area contributed by atoms with Gasteiger partial charge in [0.2, 0.25) is 0 Å². The third-order valence-corrected chi connectivity index (χ3v) is 2.83. The minimum absolute atomic E-state index is 0.173. The summed E-state index contributed by atoms with van der Waals surface area (Å²) >= 11 is 5.91. The minimum atomic E-state index is -1.53. The third-order valence-electron chi connectivity index (χ3n) is 2.51. The van der Waals surface area contributed by atoms with Crippen LogP contribution in [0.2, 0.25) is 5.02 Å². The zero-order valence-corrected chi connectivity index (χ0v) is 8.71. The van der Waals surface area contributed by atoms with Crippen LogP contribution in [0.25, 0.3) is 0 Å². The lowest BCUT2D eigenvalue weighted by Gasteiger charge is -2.18. The van der Waals surface area contributed by atoms with E-state index in [1.807, 2.05) is 0 Å². The smallest absolute Gasteiger partial charge is 0.261 e. The van der Waals surface area contributed by atoms with Gasteiger partial charge < -0.3 is 10.4 Å². The summed E-state index contributed by atoms with van der Waals surface area (Å²) < 4.78 is 0. The summed E-state index contributed by atoms with van der Waals surface area (Å²) in [4.78, 5) is 11.6. The molecular weight excluding hydrogens is 214 g/mol. The highest BCUT2D eigenvalue weighted by Gasteiger charge is 2.44. The second kappa shape index (κ2) is 3.36. The third kappa shape index (κ3) is 1.35. The molecule has 2 N–H and O–H groups in total. The van der Waals surface area contributed by atoms with E-state index in [-0.39, 0.29) is 6.42 Å². The number of carbonyl (C=O) groups is 1. The SMILES string of the molecule is C=CCC1(O)C(=O)Nc2c(Cl)cccc21.